The first-order valence-electron chi connectivity index (χ1n) is 13.9. The fraction of sp³-hybridized carbons (Fsp3) is 0.333. The van der Waals surface area contributed by atoms with E-state index in [1.807, 2.05) is 37.3 Å². The van der Waals surface area contributed by atoms with Gasteiger partial charge in [-0.3, -0.25) is 0 Å². The van der Waals surface area contributed by atoms with E-state index in [-0.39, 0.29) is 24.7 Å². The molecule has 2 heterocycles. The van der Waals surface area contributed by atoms with Gasteiger partial charge in [0.05, 0.1) is 13.2 Å². The van der Waals surface area contributed by atoms with Crippen LogP contribution >= 0.6 is 0 Å². The van der Waals surface area contributed by atoms with E-state index in [4.69, 9.17) is 14.6 Å². The number of hydrogen-bond donors (Lipinski definition) is 1. The minimum atomic E-state index is 0.0902. The lowest BCUT2D eigenvalue weighted by atomic mass is 9.91. The molecule has 2 aliphatic rings. The Bertz CT molecular complexity index is 1150. The van der Waals surface area contributed by atoms with Crippen LogP contribution in [-0.4, -0.2) is 24.9 Å². The average Bonchev–Trinajstić information content (AvgIpc) is 2.99. The van der Waals surface area contributed by atoms with Crippen LogP contribution in [0.25, 0.3) is 0 Å². The van der Waals surface area contributed by atoms with Gasteiger partial charge in [-0.2, -0.15) is 0 Å². The largest absolute Gasteiger partial charge is 0.396 e. The fourth-order valence-electron chi connectivity index (χ4n) is 5.14. The van der Waals surface area contributed by atoms with Crippen LogP contribution in [0.1, 0.15) is 84.1 Å². The Morgan fingerprint density at radius 2 is 1.18 bits per heavy atom. The Kier molecular flexibility index (Phi) is 11.9. The molecule has 0 aromatic heterocycles. The topological polar surface area (TPSA) is 38.7 Å². The quantitative estimate of drug-likeness (QED) is 0.328. The smallest absolute Gasteiger partial charge is 0.101 e. The zero-order valence-electron chi connectivity index (χ0n) is 23.8. The average molecular weight is 525 g/mol. The maximum atomic E-state index is 9.06. The van der Waals surface area contributed by atoms with Crippen molar-refractivity contribution >= 4 is 0 Å². The molecule has 0 spiro atoms. The van der Waals surface area contributed by atoms with Gasteiger partial charge < -0.3 is 14.6 Å². The van der Waals surface area contributed by atoms with Gasteiger partial charge in [-0.15, -0.1) is 19.7 Å². The van der Waals surface area contributed by atoms with Crippen LogP contribution in [0.3, 0.4) is 0 Å². The summed E-state index contributed by atoms with van der Waals surface area (Å²) in [5.41, 5.74) is 7.84. The molecule has 1 N–H and O–H groups in total. The third-order valence-corrected chi connectivity index (χ3v) is 7.37. The minimum Gasteiger partial charge on any atom is -0.396 e. The van der Waals surface area contributed by atoms with E-state index >= 15 is 0 Å². The highest BCUT2D eigenvalue weighted by Gasteiger charge is 2.23. The lowest BCUT2D eigenvalue weighted by Gasteiger charge is -2.28. The van der Waals surface area contributed by atoms with Crippen LogP contribution in [-0.2, 0) is 15.9 Å². The second-order valence-electron chi connectivity index (χ2n) is 10.3. The van der Waals surface area contributed by atoms with Crippen molar-refractivity contribution in [3.05, 3.63) is 144 Å². The molecule has 0 fully saturated rings. The van der Waals surface area contributed by atoms with Gasteiger partial charge in [0.1, 0.15) is 12.2 Å². The molecule has 206 valence electrons. The van der Waals surface area contributed by atoms with Gasteiger partial charge in [0.2, 0.25) is 0 Å². The van der Waals surface area contributed by atoms with Crippen molar-refractivity contribution in [1.29, 1.82) is 0 Å². The summed E-state index contributed by atoms with van der Waals surface area (Å²) in [5.74, 6) is 1.23. The number of aliphatic hydroxyl groups is 1. The van der Waals surface area contributed by atoms with Gasteiger partial charge in [-0.05, 0) is 39.8 Å². The molecular formula is C36H44O3. The Morgan fingerprint density at radius 3 is 1.62 bits per heavy atom. The second kappa shape index (κ2) is 15.4. The van der Waals surface area contributed by atoms with Crippen LogP contribution in [0.4, 0.5) is 0 Å². The molecule has 5 rings (SSSR count). The number of hydrogen-bond acceptors (Lipinski definition) is 3. The van der Waals surface area contributed by atoms with Crippen LogP contribution in [0.15, 0.2) is 111 Å². The van der Waals surface area contributed by atoms with Gasteiger partial charge in [0, 0.05) is 24.4 Å². The maximum absolute atomic E-state index is 9.06. The van der Waals surface area contributed by atoms with Crippen molar-refractivity contribution in [1.82, 2.24) is 0 Å². The number of fused-ring (bicyclic) bond motifs is 2. The molecular weight excluding hydrogens is 480 g/mol. The van der Waals surface area contributed by atoms with Crippen molar-refractivity contribution in [3.63, 3.8) is 0 Å². The van der Waals surface area contributed by atoms with E-state index < -0.39 is 0 Å². The number of aliphatic hydroxyl groups excluding tert-OH is 1. The number of ether oxygens (including phenoxy) is 2. The highest BCUT2D eigenvalue weighted by molar-refractivity contribution is 5.36. The third-order valence-electron chi connectivity index (χ3n) is 7.37. The Morgan fingerprint density at radius 1 is 0.744 bits per heavy atom. The zero-order valence-corrected chi connectivity index (χ0v) is 23.8. The first kappa shape index (κ1) is 30.3. The van der Waals surface area contributed by atoms with Gasteiger partial charge in [0.15, 0.2) is 0 Å². The minimum absolute atomic E-state index is 0.0902. The van der Waals surface area contributed by atoms with Crippen LogP contribution in [0.2, 0.25) is 0 Å². The van der Waals surface area contributed by atoms with E-state index in [1.165, 1.54) is 33.4 Å². The van der Waals surface area contributed by atoms with E-state index in [0.29, 0.717) is 11.8 Å². The normalized spacial score (nSPS) is 21.8. The SMILES string of the molecule is C=CCc1ccccc1[C@@H](C)CO.C=C[C@@H]1OC[C@H](C)c2ccccc21.C=C[C@H]1OC[C@H](C)c2ccccc21. The Balaban J connectivity index is 0.000000162. The van der Waals surface area contributed by atoms with E-state index in [0.717, 1.165) is 19.6 Å². The van der Waals surface area contributed by atoms with Crippen LogP contribution in [0, 0.1) is 0 Å². The van der Waals surface area contributed by atoms with E-state index in [1.54, 1.807) is 0 Å². The number of rotatable bonds is 6. The van der Waals surface area contributed by atoms with Gasteiger partial charge in [-0.25, -0.2) is 0 Å². The van der Waals surface area contributed by atoms with Crippen molar-refractivity contribution < 1.29 is 14.6 Å². The fourth-order valence-corrected chi connectivity index (χ4v) is 5.14. The summed E-state index contributed by atoms with van der Waals surface area (Å²) in [7, 11) is 0. The maximum Gasteiger partial charge on any atom is 0.101 e. The number of allylic oxidation sites excluding steroid dienone is 1. The Hall–Kier alpha value is -3.24. The molecule has 0 saturated heterocycles. The zero-order chi connectivity index (χ0) is 28.2. The molecule has 2 aliphatic heterocycles. The first-order chi connectivity index (χ1) is 18.9. The lowest BCUT2D eigenvalue weighted by Crippen LogP contribution is -2.17. The molecule has 39 heavy (non-hydrogen) atoms. The third kappa shape index (κ3) is 7.89. The summed E-state index contributed by atoms with van der Waals surface area (Å²) in [6.07, 6.45) is 6.68. The van der Waals surface area contributed by atoms with Gasteiger partial charge in [0.25, 0.3) is 0 Å². The molecule has 0 unspecified atom stereocenters. The molecule has 3 heteroatoms. The van der Waals surface area contributed by atoms with E-state index in [9.17, 15) is 0 Å². The summed E-state index contributed by atoms with van der Waals surface area (Å²) in [5, 5.41) is 9.06. The van der Waals surface area contributed by atoms with Crippen molar-refractivity contribution in [3.8, 4) is 0 Å². The number of benzene rings is 3. The molecule has 0 saturated carbocycles. The second-order valence-corrected chi connectivity index (χ2v) is 10.3. The molecule has 3 aromatic carbocycles. The molecule has 3 aromatic rings. The standard InChI is InChI=1S/2C12H14O.C12H16O/c2*1-3-12-11-7-5-4-6-10(11)9(2)8-13-12;1-3-6-11-7-4-5-8-12(11)10(2)9-13/h2*3-7,9,12H,1,8H2,2H3;3-5,7-8,10,13H,1,6,9H2,2H3/t9-,12+;9-,12-;10-/m000/s1. The van der Waals surface area contributed by atoms with Crippen molar-refractivity contribution in [2.75, 3.05) is 19.8 Å². The summed E-state index contributed by atoms with van der Waals surface area (Å²) >= 11 is 0. The molecule has 0 aliphatic carbocycles. The first-order valence-corrected chi connectivity index (χ1v) is 13.9. The highest BCUT2D eigenvalue weighted by atomic mass is 16.5. The molecule has 0 amide bonds. The predicted octanol–water partition coefficient (Wildman–Crippen LogP) is 8.61. The summed E-state index contributed by atoms with van der Waals surface area (Å²) < 4.78 is 11.3. The summed E-state index contributed by atoms with van der Waals surface area (Å²) in [4.78, 5) is 0. The van der Waals surface area contributed by atoms with Gasteiger partial charge in [-0.1, -0.05) is 112 Å². The Labute approximate surface area is 235 Å². The van der Waals surface area contributed by atoms with Crippen molar-refractivity contribution in [2.45, 2.75) is 57.2 Å². The molecule has 3 nitrogen and oxygen atoms in total. The monoisotopic (exact) mass is 524 g/mol. The summed E-state index contributed by atoms with van der Waals surface area (Å²) in [6.45, 7) is 19.5. The van der Waals surface area contributed by atoms with Gasteiger partial charge >= 0.3 is 0 Å². The van der Waals surface area contributed by atoms with Crippen LogP contribution < -0.4 is 0 Å². The highest BCUT2D eigenvalue weighted by Crippen LogP contribution is 2.34. The summed E-state index contributed by atoms with van der Waals surface area (Å²) in [6, 6.07) is 25.1. The lowest BCUT2D eigenvalue weighted by molar-refractivity contribution is 0.0616. The molecule has 5 atom stereocenters. The van der Waals surface area contributed by atoms with Crippen molar-refractivity contribution in [2.24, 2.45) is 0 Å². The molecule has 0 radical (unpaired) electrons. The van der Waals surface area contributed by atoms with E-state index in [2.05, 4.69) is 94.2 Å². The van der Waals surface area contributed by atoms with Crippen LogP contribution in [0.5, 0.6) is 0 Å². The predicted molar refractivity (Wildman–Crippen MR) is 163 cm³/mol. The molecule has 0 bridgehead atoms.